The lowest BCUT2D eigenvalue weighted by molar-refractivity contribution is 0.289. The van der Waals surface area contributed by atoms with Crippen LogP contribution in [-0.2, 0) is 16.6 Å². The number of aromatic nitrogens is 1. The van der Waals surface area contributed by atoms with Crippen LogP contribution >= 0.6 is 11.6 Å². The second-order valence-corrected chi connectivity index (χ2v) is 7.61. The number of rotatable bonds is 6. The molecule has 0 aliphatic rings. The van der Waals surface area contributed by atoms with E-state index >= 15 is 0 Å². The van der Waals surface area contributed by atoms with Crippen molar-refractivity contribution in [2.45, 2.75) is 11.5 Å². The second kappa shape index (κ2) is 7.16. The molecule has 6 nitrogen and oxygen atoms in total. The van der Waals surface area contributed by atoms with Crippen molar-refractivity contribution in [3.05, 3.63) is 71.6 Å². The molecule has 8 heteroatoms. The molecule has 0 unspecified atom stereocenters. The number of sulfonamides is 1. The highest BCUT2D eigenvalue weighted by atomic mass is 35.5. The highest BCUT2D eigenvalue weighted by molar-refractivity contribution is 7.92. The maximum absolute atomic E-state index is 12.6. The molecular formula is C17H15ClN2O4S. The zero-order valence-electron chi connectivity index (χ0n) is 13.3. The van der Waals surface area contributed by atoms with Gasteiger partial charge in [-0.2, -0.15) is 0 Å². The Morgan fingerprint density at radius 1 is 1.08 bits per heavy atom. The Morgan fingerprint density at radius 3 is 2.36 bits per heavy atom. The fraction of sp³-hybridized carbons (Fsp3) is 0.118. The predicted octanol–water partition coefficient (Wildman–Crippen LogP) is 3.73. The molecule has 3 rings (SSSR count). The average Bonchev–Trinajstić information content (AvgIpc) is 3.14. The third-order valence-corrected chi connectivity index (χ3v) is 5.60. The van der Waals surface area contributed by atoms with Gasteiger partial charge in [0, 0.05) is 18.1 Å². The Hall–Kier alpha value is -2.51. The van der Waals surface area contributed by atoms with E-state index in [1.54, 1.807) is 42.5 Å². The van der Waals surface area contributed by atoms with Crippen molar-refractivity contribution < 1.29 is 17.7 Å². The monoisotopic (exact) mass is 378 g/mol. The quantitative estimate of drug-likeness (QED) is 0.653. The Bertz CT molecular complexity index is 924. The van der Waals surface area contributed by atoms with E-state index in [2.05, 4.69) is 5.16 Å². The molecule has 0 bridgehead atoms. The summed E-state index contributed by atoms with van der Waals surface area (Å²) in [6.45, 7) is 0.273. The summed E-state index contributed by atoms with van der Waals surface area (Å²) in [5.41, 5.74) is 1.19. The smallest absolute Gasteiger partial charge is 0.264 e. The largest absolute Gasteiger partial charge is 0.487 e. The summed E-state index contributed by atoms with van der Waals surface area (Å²) in [6, 6.07) is 14.5. The SMILES string of the molecule is CN(c1ccc(OCc2ccon2)cc1)S(=O)(=O)c1ccc(Cl)cc1. The molecule has 25 heavy (non-hydrogen) atoms. The maximum Gasteiger partial charge on any atom is 0.264 e. The zero-order chi connectivity index (χ0) is 17.9. The van der Waals surface area contributed by atoms with E-state index in [9.17, 15) is 8.42 Å². The Labute approximate surface area is 150 Å². The molecule has 0 saturated carbocycles. The number of hydrogen-bond acceptors (Lipinski definition) is 5. The number of anilines is 1. The molecule has 1 heterocycles. The zero-order valence-corrected chi connectivity index (χ0v) is 14.9. The number of halogens is 1. The third kappa shape index (κ3) is 3.94. The first-order valence-electron chi connectivity index (χ1n) is 7.33. The van der Waals surface area contributed by atoms with Crippen LogP contribution in [0.2, 0.25) is 5.02 Å². The summed E-state index contributed by atoms with van der Waals surface area (Å²) >= 11 is 5.81. The standard InChI is InChI=1S/C17H15ClN2O4S/c1-20(25(21,22)17-8-2-13(18)3-9-17)15-4-6-16(7-5-15)23-12-14-10-11-24-19-14/h2-11H,12H2,1H3. The van der Waals surface area contributed by atoms with Crippen molar-refractivity contribution in [1.29, 1.82) is 0 Å². The van der Waals surface area contributed by atoms with Gasteiger partial charge >= 0.3 is 0 Å². The van der Waals surface area contributed by atoms with Crippen LogP contribution in [0.5, 0.6) is 5.75 Å². The van der Waals surface area contributed by atoms with Crippen LogP contribution in [0, 0.1) is 0 Å². The fourth-order valence-corrected chi connectivity index (χ4v) is 3.45. The van der Waals surface area contributed by atoms with Crippen molar-refractivity contribution in [2.75, 3.05) is 11.4 Å². The van der Waals surface area contributed by atoms with Crippen LogP contribution in [0.25, 0.3) is 0 Å². The summed E-state index contributed by atoms with van der Waals surface area (Å²) < 4.78 is 36.8. The molecule has 0 atom stereocenters. The topological polar surface area (TPSA) is 72.6 Å². The van der Waals surface area contributed by atoms with Gasteiger partial charge in [0.1, 0.15) is 24.3 Å². The minimum Gasteiger partial charge on any atom is -0.487 e. The second-order valence-electron chi connectivity index (χ2n) is 5.20. The normalized spacial score (nSPS) is 11.3. The molecule has 0 saturated heterocycles. The van der Waals surface area contributed by atoms with Gasteiger partial charge in [-0.05, 0) is 48.5 Å². The minimum atomic E-state index is -3.66. The van der Waals surface area contributed by atoms with E-state index < -0.39 is 10.0 Å². The van der Waals surface area contributed by atoms with E-state index in [1.165, 1.54) is 29.7 Å². The Kier molecular flexibility index (Phi) is 4.96. The van der Waals surface area contributed by atoms with Gasteiger partial charge in [0.15, 0.2) is 0 Å². The Morgan fingerprint density at radius 2 is 1.76 bits per heavy atom. The Balaban J connectivity index is 1.73. The molecular weight excluding hydrogens is 364 g/mol. The van der Waals surface area contributed by atoms with Gasteiger partial charge in [0.05, 0.1) is 10.6 Å². The van der Waals surface area contributed by atoms with Crippen LogP contribution < -0.4 is 9.04 Å². The summed E-state index contributed by atoms with van der Waals surface area (Å²) in [6.07, 6.45) is 1.47. The lowest BCUT2D eigenvalue weighted by Gasteiger charge is -2.20. The molecule has 3 aromatic rings. The first-order chi connectivity index (χ1) is 12.0. The van der Waals surface area contributed by atoms with Crippen molar-refractivity contribution in [2.24, 2.45) is 0 Å². The molecule has 0 radical (unpaired) electrons. The van der Waals surface area contributed by atoms with Gasteiger partial charge in [-0.25, -0.2) is 8.42 Å². The van der Waals surface area contributed by atoms with Crippen LogP contribution in [0.15, 0.2) is 70.3 Å². The number of nitrogens with zero attached hydrogens (tertiary/aromatic N) is 2. The third-order valence-electron chi connectivity index (χ3n) is 3.55. The van der Waals surface area contributed by atoms with E-state index in [0.29, 0.717) is 22.2 Å². The lowest BCUT2D eigenvalue weighted by atomic mass is 10.3. The van der Waals surface area contributed by atoms with Crippen molar-refractivity contribution in [3.8, 4) is 5.75 Å². The van der Waals surface area contributed by atoms with E-state index in [-0.39, 0.29) is 11.5 Å². The number of hydrogen-bond donors (Lipinski definition) is 0. The van der Waals surface area contributed by atoms with Gasteiger partial charge in [0.25, 0.3) is 10.0 Å². The summed E-state index contributed by atoms with van der Waals surface area (Å²) in [7, 11) is -2.16. The molecule has 0 fully saturated rings. The lowest BCUT2D eigenvalue weighted by Crippen LogP contribution is -2.26. The molecule has 1 aromatic heterocycles. The molecule has 0 spiro atoms. The van der Waals surface area contributed by atoms with Gasteiger partial charge in [-0.3, -0.25) is 4.31 Å². The van der Waals surface area contributed by atoms with Crippen LogP contribution in [0.3, 0.4) is 0 Å². The highest BCUT2D eigenvalue weighted by Gasteiger charge is 2.21. The molecule has 130 valence electrons. The first kappa shape index (κ1) is 17.3. The molecule has 0 aliphatic heterocycles. The summed E-state index contributed by atoms with van der Waals surface area (Å²) in [5.74, 6) is 0.601. The average molecular weight is 379 g/mol. The number of benzene rings is 2. The predicted molar refractivity (Wildman–Crippen MR) is 94.3 cm³/mol. The van der Waals surface area contributed by atoms with Gasteiger partial charge < -0.3 is 9.26 Å². The maximum atomic E-state index is 12.6. The first-order valence-corrected chi connectivity index (χ1v) is 9.15. The summed E-state index contributed by atoms with van der Waals surface area (Å²) in [4.78, 5) is 0.172. The van der Waals surface area contributed by atoms with E-state index in [4.69, 9.17) is 20.9 Å². The van der Waals surface area contributed by atoms with E-state index in [0.717, 1.165) is 0 Å². The van der Waals surface area contributed by atoms with Crippen molar-refractivity contribution in [1.82, 2.24) is 5.16 Å². The van der Waals surface area contributed by atoms with Gasteiger partial charge in [-0.1, -0.05) is 16.8 Å². The van der Waals surface area contributed by atoms with Gasteiger partial charge in [0.2, 0.25) is 0 Å². The highest BCUT2D eigenvalue weighted by Crippen LogP contribution is 2.25. The number of ether oxygens (including phenoxy) is 1. The van der Waals surface area contributed by atoms with Gasteiger partial charge in [-0.15, -0.1) is 0 Å². The fourth-order valence-electron chi connectivity index (χ4n) is 2.13. The molecule has 0 N–H and O–H groups in total. The molecule has 2 aromatic carbocycles. The van der Waals surface area contributed by atoms with Crippen molar-refractivity contribution >= 4 is 27.3 Å². The summed E-state index contributed by atoms with van der Waals surface area (Å²) in [5, 5.41) is 4.23. The molecule has 0 aliphatic carbocycles. The van der Waals surface area contributed by atoms with Crippen LogP contribution in [0.4, 0.5) is 5.69 Å². The minimum absolute atomic E-state index is 0.172. The molecule has 0 amide bonds. The van der Waals surface area contributed by atoms with E-state index in [1.807, 2.05) is 0 Å². The van der Waals surface area contributed by atoms with Crippen LogP contribution in [0.1, 0.15) is 5.69 Å². The van der Waals surface area contributed by atoms with Crippen LogP contribution in [-0.4, -0.2) is 20.6 Å². The van der Waals surface area contributed by atoms with Crippen molar-refractivity contribution in [3.63, 3.8) is 0 Å².